The topological polar surface area (TPSA) is 158 Å². The molecule has 4 N–H and O–H groups in total. The number of carbonyl (C=O) groups is 4. The first-order valence-electron chi connectivity index (χ1n) is 7.03. The Labute approximate surface area is 142 Å². The van der Waals surface area contributed by atoms with Crippen LogP contribution in [0, 0.1) is 0 Å². The number of hydrogen-bond acceptors (Lipinski definition) is 6. The van der Waals surface area contributed by atoms with E-state index in [4.69, 9.17) is 20.4 Å². The lowest BCUT2D eigenvalue weighted by Gasteiger charge is -2.07. The fraction of sp³-hybridized carbons (Fsp3) is 0.250. The van der Waals surface area contributed by atoms with Crippen molar-refractivity contribution in [1.82, 2.24) is 0 Å². The maximum Gasteiger partial charge on any atom is 0.335 e. The summed E-state index contributed by atoms with van der Waals surface area (Å²) in [6, 6.07) is 5.02. The molecule has 1 aromatic rings. The van der Waals surface area contributed by atoms with Gasteiger partial charge in [-0.1, -0.05) is 13.3 Å². The van der Waals surface area contributed by atoms with Crippen LogP contribution in [0.4, 0.5) is 0 Å². The van der Waals surface area contributed by atoms with E-state index >= 15 is 0 Å². The molecule has 1 rings (SSSR count). The highest BCUT2D eigenvalue weighted by atomic mass is 16.6. The highest BCUT2D eigenvalue weighted by molar-refractivity contribution is 5.91. The van der Waals surface area contributed by atoms with Gasteiger partial charge in [-0.25, -0.2) is 19.2 Å². The fourth-order valence-electron chi connectivity index (χ4n) is 1.37. The molecule has 0 fully saturated rings. The SMILES string of the molecule is CCCC(O)OC(=O)/C=C/C(=O)O.O=C(O)c1ccc(C(=O)O)cc1. The van der Waals surface area contributed by atoms with Crippen molar-refractivity contribution in [2.24, 2.45) is 0 Å². The Hall–Kier alpha value is -3.20. The van der Waals surface area contributed by atoms with Gasteiger partial charge in [0, 0.05) is 18.6 Å². The van der Waals surface area contributed by atoms with E-state index in [0.717, 1.165) is 6.08 Å². The van der Waals surface area contributed by atoms with Crippen LogP contribution in [0.3, 0.4) is 0 Å². The third-order valence-electron chi connectivity index (χ3n) is 2.53. The van der Waals surface area contributed by atoms with Crippen LogP contribution < -0.4 is 0 Å². The molecule has 0 bridgehead atoms. The van der Waals surface area contributed by atoms with Crippen molar-refractivity contribution in [1.29, 1.82) is 0 Å². The number of aliphatic hydroxyl groups excluding tert-OH is 1. The van der Waals surface area contributed by atoms with Crippen LogP contribution in [0.5, 0.6) is 0 Å². The number of carbonyl (C=O) groups excluding carboxylic acids is 1. The number of benzene rings is 1. The van der Waals surface area contributed by atoms with Crippen LogP contribution in [0.15, 0.2) is 36.4 Å². The molecule has 25 heavy (non-hydrogen) atoms. The Bertz CT molecular complexity index is 599. The smallest absolute Gasteiger partial charge is 0.335 e. The van der Waals surface area contributed by atoms with E-state index in [-0.39, 0.29) is 11.1 Å². The van der Waals surface area contributed by atoms with E-state index in [0.29, 0.717) is 18.9 Å². The predicted octanol–water partition coefficient (Wildman–Crippen LogP) is 1.37. The first kappa shape index (κ1) is 21.8. The molecule has 0 aliphatic carbocycles. The van der Waals surface area contributed by atoms with E-state index in [1.165, 1.54) is 24.3 Å². The first-order valence-corrected chi connectivity index (χ1v) is 7.03. The first-order chi connectivity index (χ1) is 11.7. The Balaban J connectivity index is 0.000000462. The molecular weight excluding hydrogens is 336 g/mol. The fourth-order valence-corrected chi connectivity index (χ4v) is 1.37. The zero-order chi connectivity index (χ0) is 19.4. The second-order valence-electron chi connectivity index (χ2n) is 4.54. The minimum atomic E-state index is -1.23. The number of rotatable bonds is 7. The van der Waals surface area contributed by atoms with Crippen LogP contribution in [-0.2, 0) is 14.3 Å². The van der Waals surface area contributed by atoms with E-state index in [9.17, 15) is 19.2 Å². The number of carboxylic acids is 3. The number of ether oxygens (including phenoxy) is 1. The molecule has 0 aliphatic heterocycles. The number of aliphatic hydroxyl groups is 1. The molecule has 0 radical (unpaired) electrons. The van der Waals surface area contributed by atoms with Crippen molar-refractivity contribution in [3.63, 3.8) is 0 Å². The Morgan fingerprint density at radius 1 is 0.960 bits per heavy atom. The quantitative estimate of drug-likeness (QED) is 0.322. The van der Waals surface area contributed by atoms with E-state index in [2.05, 4.69) is 4.74 Å². The molecule has 0 aromatic heterocycles. The normalized spacial score (nSPS) is 11.1. The van der Waals surface area contributed by atoms with Gasteiger partial charge < -0.3 is 25.2 Å². The summed E-state index contributed by atoms with van der Waals surface area (Å²) < 4.78 is 4.41. The summed E-state index contributed by atoms with van der Waals surface area (Å²) in [5, 5.41) is 34.0. The largest absolute Gasteiger partial charge is 0.478 e. The van der Waals surface area contributed by atoms with Crippen molar-refractivity contribution in [3.8, 4) is 0 Å². The zero-order valence-electron chi connectivity index (χ0n) is 13.3. The van der Waals surface area contributed by atoms with Gasteiger partial charge in [0.15, 0.2) is 0 Å². The van der Waals surface area contributed by atoms with Crippen LogP contribution in [0.2, 0.25) is 0 Å². The summed E-state index contributed by atoms with van der Waals surface area (Å²) in [6.07, 6.45) is 1.27. The van der Waals surface area contributed by atoms with Gasteiger partial charge in [0.2, 0.25) is 6.29 Å². The molecular formula is C16H18O9. The van der Waals surface area contributed by atoms with Gasteiger partial charge in [-0.15, -0.1) is 0 Å². The summed E-state index contributed by atoms with van der Waals surface area (Å²) >= 11 is 0. The molecule has 136 valence electrons. The molecule has 0 saturated carbocycles. The highest BCUT2D eigenvalue weighted by Gasteiger charge is 2.07. The maximum atomic E-state index is 10.7. The van der Waals surface area contributed by atoms with Gasteiger partial charge >= 0.3 is 23.9 Å². The van der Waals surface area contributed by atoms with Gasteiger partial charge in [-0.05, 0) is 24.3 Å². The second kappa shape index (κ2) is 11.4. The van der Waals surface area contributed by atoms with E-state index in [1.807, 2.05) is 6.92 Å². The van der Waals surface area contributed by atoms with Crippen LogP contribution in [0.1, 0.15) is 40.5 Å². The number of aliphatic carboxylic acids is 1. The maximum absolute atomic E-state index is 10.7. The summed E-state index contributed by atoms with van der Waals surface area (Å²) in [5.74, 6) is -4.22. The van der Waals surface area contributed by atoms with E-state index < -0.39 is 30.2 Å². The third kappa shape index (κ3) is 10.2. The summed E-state index contributed by atoms with van der Waals surface area (Å²) in [7, 11) is 0. The number of carboxylic acid groups (broad SMARTS) is 3. The van der Waals surface area contributed by atoms with Crippen molar-refractivity contribution in [3.05, 3.63) is 47.5 Å². The van der Waals surface area contributed by atoms with Crippen molar-refractivity contribution in [2.75, 3.05) is 0 Å². The molecule has 1 aromatic carbocycles. The van der Waals surface area contributed by atoms with Crippen LogP contribution in [-0.4, -0.2) is 50.6 Å². The van der Waals surface area contributed by atoms with Crippen LogP contribution in [0.25, 0.3) is 0 Å². The molecule has 9 nitrogen and oxygen atoms in total. The predicted molar refractivity (Wildman–Crippen MR) is 84.1 cm³/mol. The Morgan fingerprint density at radius 2 is 1.40 bits per heavy atom. The molecule has 0 amide bonds. The lowest BCUT2D eigenvalue weighted by atomic mass is 10.1. The lowest BCUT2D eigenvalue weighted by Crippen LogP contribution is -2.15. The van der Waals surface area contributed by atoms with Gasteiger partial charge in [-0.2, -0.15) is 0 Å². The average molecular weight is 354 g/mol. The number of aromatic carboxylic acids is 2. The minimum Gasteiger partial charge on any atom is -0.478 e. The van der Waals surface area contributed by atoms with Crippen molar-refractivity contribution < 1.29 is 44.3 Å². The van der Waals surface area contributed by atoms with Crippen LogP contribution >= 0.6 is 0 Å². The highest BCUT2D eigenvalue weighted by Crippen LogP contribution is 2.03. The second-order valence-corrected chi connectivity index (χ2v) is 4.54. The molecule has 0 aliphatic rings. The van der Waals surface area contributed by atoms with E-state index in [1.54, 1.807) is 0 Å². The Kier molecular flexibility index (Phi) is 9.90. The summed E-state index contributed by atoms with van der Waals surface area (Å²) in [5.41, 5.74) is 0.167. The van der Waals surface area contributed by atoms with Gasteiger partial charge in [0.05, 0.1) is 11.1 Å². The van der Waals surface area contributed by atoms with Crippen molar-refractivity contribution in [2.45, 2.75) is 26.1 Å². The van der Waals surface area contributed by atoms with Gasteiger partial charge in [0.25, 0.3) is 0 Å². The molecule has 1 atom stereocenters. The molecule has 0 saturated heterocycles. The number of esters is 1. The third-order valence-corrected chi connectivity index (χ3v) is 2.53. The standard InChI is InChI=1S/C8H12O5.C8H6O4/c1-2-3-7(11)13-8(12)5-4-6(9)10;9-7(10)5-1-2-6(4-3-5)8(11)12/h4-5,7,11H,2-3H2,1H3,(H,9,10);1-4H,(H,9,10)(H,11,12)/b5-4+;. The molecule has 1 unspecified atom stereocenters. The summed E-state index contributed by atoms with van der Waals surface area (Å²) in [6.45, 7) is 1.82. The summed E-state index contributed by atoms with van der Waals surface area (Å²) in [4.78, 5) is 41.3. The zero-order valence-corrected chi connectivity index (χ0v) is 13.3. The van der Waals surface area contributed by atoms with Gasteiger partial charge in [-0.3, -0.25) is 0 Å². The minimum absolute atomic E-state index is 0.0833. The average Bonchev–Trinajstić information content (AvgIpc) is 2.53. The molecule has 9 heteroatoms. The van der Waals surface area contributed by atoms with Gasteiger partial charge in [0.1, 0.15) is 0 Å². The molecule has 0 heterocycles. The monoisotopic (exact) mass is 354 g/mol. The van der Waals surface area contributed by atoms with Crippen molar-refractivity contribution >= 4 is 23.9 Å². The number of hydrogen-bond donors (Lipinski definition) is 4. The Morgan fingerprint density at radius 3 is 1.72 bits per heavy atom. The lowest BCUT2D eigenvalue weighted by molar-refractivity contribution is -0.162. The molecule has 0 spiro atoms.